The summed E-state index contributed by atoms with van der Waals surface area (Å²) >= 11 is 6.49. The van der Waals surface area contributed by atoms with Gasteiger partial charge in [-0.2, -0.15) is 0 Å². The first kappa shape index (κ1) is 17.1. The summed E-state index contributed by atoms with van der Waals surface area (Å²) in [5.41, 5.74) is 2.53. The monoisotopic (exact) mass is 371 g/mol. The van der Waals surface area contributed by atoms with Gasteiger partial charge in [-0.15, -0.1) is 10.2 Å². The average Bonchev–Trinajstić information content (AvgIpc) is 3.19. The second-order valence-corrected chi connectivity index (χ2v) is 7.54. The van der Waals surface area contributed by atoms with E-state index in [1.54, 1.807) is 6.33 Å². The summed E-state index contributed by atoms with van der Waals surface area (Å²) in [5.74, 6) is 1.52. The van der Waals surface area contributed by atoms with E-state index in [2.05, 4.69) is 15.2 Å². The quantitative estimate of drug-likeness (QED) is 0.767. The Morgan fingerprint density at radius 2 is 2.12 bits per heavy atom. The van der Waals surface area contributed by atoms with E-state index < -0.39 is 0 Å². The molecule has 26 heavy (non-hydrogen) atoms. The molecule has 0 bridgehead atoms. The van der Waals surface area contributed by atoms with Crippen molar-refractivity contribution in [2.45, 2.75) is 26.2 Å². The van der Waals surface area contributed by atoms with E-state index in [0.717, 1.165) is 54.6 Å². The van der Waals surface area contributed by atoms with Crippen LogP contribution in [0.2, 0.25) is 5.02 Å². The molecule has 1 aliphatic rings. The molecule has 0 aliphatic carbocycles. The number of likely N-dealkylation sites (tertiary alicyclic amines) is 1. The number of H-pyrrole nitrogens is 1. The van der Waals surface area contributed by atoms with E-state index in [9.17, 15) is 4.79 Å². The first-order valence-corrected chi connectivity index (χ1v) is 9.30. The van der Waals surface area contributed by atoms with Crippen molar-refractivity contribution in [1.82, 2.24) is 24.6 Å². The molecule has 6 nitrogen and oxygen atoms in total. The number of carbonyl (C=O) groups excluding carboxylic acids is 1. The van der Waals surface area contributed by atoms with Crippen molar-refractivity contribution in [3.63, 3.8) is 0 Å². The second kappa shape index (κ2) is 6.76. The smallest absolute Gasteiger partial charge is 0.271 e. The van der Waals surface area contributed by atoms with Gasteiger partial charge in [-0.1, -0.05) is 23.2 Å². The lowest BCUT2D eigenvalue weighted by Gasteiger charge is -2.31. The van der Waals surface area contributed by atoms with Crippen LogP contribution < -0.4 is 0 Å². The van der Waals surface area contributed by atoms with Gasteiger partial charge in [0.25, 0.3) is 5.91 Å². The number of aryl methyl sites for hydroxylation is 2. The third-order valence-electron chi connectivity index (χ3n) is 5.28. The molecule has 0 saturated carbocycles. The largest absolute Gasteiger partial charge is 0.349 e. The molecular weight excluding hydrogens is 350 g/mol. The lowest BCUT2D eigenvalue weighted by molar-refractivity contribution is 0.0684. The maximum Gasteiger partial charge on any atom is 0.271 e. The zero-order valence-corrected chi connectivity index (χ0v) is 15.8. The minimum absolute atomic E-state index is 0.0130. The van der Waals surface area contributed by atoms with Crippen LogP contribution in [0.1, 0.15) is 34.7 Å². The Morgan fingerprint density at radius 3 is 2.81 bits per heavy atom. The van der Waals surface area contributed by atoms with Crippen LogP contribution in [0, 0.1) is 12.8 Å². The number of fused-ring (bicyclic) bond motifs is 1. The number of aromatic amines is 1. The number of nitrogens with one attached hydrogen (secondary N) is 1. The number of hydrogen-bond acceptors (Lipinski definition) is 3. The molecule has 0 unspecified atom stereocenters. The number of nitrogens with zero attached hydrogens (tertiary/aromatic N) is 4. The number of benzene rings is 1. The van der Waals surface area contributed by atoms with Gasteiger partial charge in [0.2, 0.25) is 0 Å². The van der Waals surface area contributed by atoms with Gasteiger partial charge in [0.1, 0.15) is 17.8 Å². The Hall–Kier alpha value is -2.34. The van der Waals surface area contributed by atoms with E-state index in [4.69, 9.17) is 11.6 Å². The third kappa shape index (κ3) is 3.09. The molecule has 1 aliphatic heterocycles. The molecule has 0 spiro atoms. The Bertz CT molecular complexity index is 952. The number of rotatable bonds is 3. The Balaban J connectivity index is 1.45. The maximum atomic E-state index is 12.9. The standard InChI is InChI=1S/C19H22ClN5O/c1-12-3-4-15-14(9-12)17(20)18(22-15)19(26)25-7-5-13(6-8-25)10-16-23-21-11-24(16)2/h3-4,9,11,13,22H,5-8,10H2,1-2H3. The first-order valence-electron chi connectivity index (χ1n) is 8.93. The summed E-state index contributed by atoms with van der Waals surface area (Å²) in [6.07, 6.45) is 4.57. The van der Waals surface area contributed by atoms with E-state index in [1.807, 2.05) is 41.6 Å². The molecule has 7 heteroatoms. The highest BCUT2D eigenvalue weighted by atomic mass is 35.5. The molecule has 1 saturated heterocycles. The minimum Gasteiger partial charge on any atom is -0.349 e. The Kier molecular flexibility index (Phi) is 4.44. The van der Waals surface area contributed by atoms with Gasteiger partial charge in [-0.05, 0) is 37.8 Å². The topological polar surface area (TPSA) is 66.8 Å². The van der Waals surface area contributed by atoms with Crippen LogP contribution in [0.3, 0.4) is 0 Å². The SMILES string of the molecule is Cc1ccc2[nH]c(C(=O)N3CCC(Cc4nncn4C)CC3)c(Cl)c2c1. The van der Waals surface area contributed by atoms with Crippen LogP contribution in [0.15, 0.2) is 24.5 Å². The molecule has 0 radical (unpaired) electrons. The van der Waals surface area contributed by atoms with Crippen molar-refractivity contribution in [2.24, 2.45) is 13.0 Å². The summed E-state index contributed by atoms with van der Waals surface area (Å²) in [5, 5.41) is 9.53. The van der Waals surface area contributed by atoms with Crippen molar-refractivity contribution >= 4 is 28.4 Å². The predicted molar refractivity (Wildman–Crippen MR) is 101 cm³/mol. The van der Waals surface area contributed by atoms with Gasteiger partial charge in [-0.3, -0.25) is 4.79 Å². The van der Waals surface area contributed by atoms with Crippen molar-refractivity contribution in [3.8, 4) is 0 Å². The fourth-order valence-corrected chi connectivity index (χ4v) is 3.95. The fourth-order valence-electron chi connectivity index (χ4n) is 3.67. The maximum absolute atomic E-state index is 12.9. The van der Waals surface area contributed by atoms with Crippen LogP contribution in [-0.2, 0) is 13.5 Å². The highest BCUT2D eigenvalue weighted by Gasteiger charge is 2.27. The summed E-state index contributed by atoms with van der Waals surface area (Å²) in [6, 6.07) is 6.00. The summed E-state index contributed by atoms with van der Waals surface area (Å²) in [7, 11) is 1.97. The van der Waals surface area contributed by atoms with Crippen molar-refractivity contribution in [3.05, 3.63) is 46.6 Å². The molecular formula is C19H22ClN5O. The number of halogens is 1. The molecule has 3 heterocycles. The normalized spacial score (nSPS) is 15.7. The second-order valence-electron chi connectivity index (χ2n) is 7.16. The van der Waals surface area contributed by atoms with Gasteiger partial charge >= 0.3 is 0 Å². The van der Waals surface area contributed by atoms with Crippen LogP contribution in [0.5, 0.6) is 0 Å². The summed E-state index contributed by atoms with van der Waals surface area (Å²) in [4.78, 5) is 18.0. The van der Waals surface area contributed by atoms with E-state index in [-0.39, 0.29) is 5.91 Å². The van der Waals surface area contributed by atoms with Crippen LogP contribution in [0.25, 0.3) is 10.9 Å². The predicted octanol–water partition coefficient (Wildman–Crippen LogP) is 3.35. The molecule has 1 fully saturated rings. The van der Waals surface area contributed by atoms with Gasteiger partial charge < -0.3 is 14.5 Å². The highest BCUT2D eigenvalue weighted by molar-refractivity contribution is 6.38. The molecule has 0 atom stereocenters. The minimum atomic E-state index is -0.0130. The van der Waals surface area contributed by atoms with Crippen molar-refractivity contribution < 1.29 is 4.79 Å². The number of aromatic nitrogens is 4. The third-order valence-corrected chi connectivity index (χ3v) is 5.68. The number of piperidine rings is 1. The molecule has 1 amide bonds. The van der Waals surface area contributed by atoms with E-state index in [1.165, 1.54) is 0 Å². The summed E-state index contributed by atoms with van der Waals surface area (Å²) in [6.45, 7) is 3.50. The highest BCUT2D eigenvalue weighted by Crippen LogP contribution is 2.30. The van der Waals surface area contributed by atoms with Crippen LogP contribution in [0.4, 0.5) is 0 Å². The molecule has 1 N–H and O–H groups in total. The Morgan fingerprint density at radius 1 is 1.35 bits per heavy atom. The molecule has 136 valence electrons. The number of hydrogen-bond donors (Lipinski definition) is 1. The fraction of sp³-hybridized carbons (Fsp3) is 0.421. The number of amides is 1. The van der Waals surface area contributed by atoms with Gasteiger partial charge in [0.05, 0.1) is 5.02 Å². The molecule has 1 aromatic carbocycles. The molecule has 2 aromatic heterocycles. The van der Waals surface area contributed by atoms with Crippen molar-refractivity contribution in [1.29, 1.82) is 0 Å². The van der Waals surface area contributed by atoms with Crippen LogP contribution in [-0.4, -0.2) is 43.6 Å². The average molecular weight is 372 g/mol. The lowest BCUT2D eigenvalue weighted by Crippen LogP contribution is -2.39. The molecule has 4 rings (SSSR count). The van der Waals surface area contributed by atoms with E-state index in [0.29, 0.717) is 16.6 Å². The van der Waals surface area contributed by atoms with Gasteiger partial charge in [-0.25, -0.2) is 0 Å². The number of carbonyl (C=O) groups is 1. The zero-order chi connectivity index (χ0) is 18.3. The van der Waals surface area contributed by atoms with Crippen LogP contribution >= 0.6 is 11.6 Å². The van der Waals surface area contributed by atoms with E-state index >= 15 is 0 Å². The first-order chi connectivity index (χ1) is 12.5. The zero-order valence-electron chi connectivity index (χ0n) is 15.0. The Labute approximate surface area is 157 Å². The van der Waals surface area contributed by atoms with Gasteiger partial charge in [0.15, 0.2) is 0 Å². The molecule has 3 aromatic rings. The summed E-state index contributed by atoms with van der Waals surface area (Å²) < 4.78 is 1.96. The lowest BCUT2D eigenvalue weighted by atomic mass is 9.93. The van der Waals surface area contributed by atoms with Gasteiger partial charge in [0, 0.05) is 37.5 Å². The van der Waals surface area contributed by atoms with Crippen molar-refractivity contribution in [2.75, 3.05) is 13.1 Å².